The summed E-state index contributed by atoms with van der Waals surface area (Å²) in [5, 5.41) is 0.529. The van der Waals surface area contributed by atoms with Gasteiger partial charge in [0.15, 0.2) is 0 Å². The van der Waals surface area contributed by atoms with Gasteiger partial charge in [-0.15, -0.1) is 0 Å². The van der Waals surface area contributed by atoms with E-state index in [0.717, 1.165) is 37.3 Å². The van der Waals surface area contributed by atoms with Gasteiger partial charge in [-0.3, -0.25) is 0 Å². The molecule has 0 aliphatic carbocycles. The van der Waals surface area contributed by atoms with E-state index in [1.54, 1.807) is 4.90 Å². The predicted molar refractivity (Wildman–Crippen MR) is 117 cm³/mol. The average Bonchev–Trinajstić information content (AvgIpc) is 3.26. The average molecular weight is 438 g/mol. The van der Waals surface area contributed by atoms with E-state index in [1.807, 2.05) is 20.8 Å². The molecule has 4 heterocycles. The number of carbonyl (C=O) groups is 1. The van der Waals surface area contributed by atoms with Gasteiger partial charge in [0.2, 0.25) is 5.95 Å². The molecule has 3 aliphatic heterocycles. The molecule has 9 heteroatoms. The van der Waals surface area contributed by atoms with Crippen molar-refractivity contribution in [2.45, 2.75) is 64.6 Å². The van der Waals surface area contributed by atoms with Crippen molar-refractivity contribution in [3.05, 3.63) is 10.7 Å². The minimum atomic E-state index is -0.499. The second-order valence-electron chi connectivity index (χ2n) is 9.78. The molecular weight excluding hydrogens is 406 g/mol. The van der Waals surface area contributed by atoms with Crippen LogP contribution in [0.3, 0.4) is 0 Å². The Labute approximate surface area is 183 Å². The Bertz CT molecular complexity index is 830. The van der Waals surface area contributed by atoms with E-state index in [2.05, 4.69) is 28.6 Å². The van der Waals surface area contributed by atoms with Gasteiger partial charge < -0.3 is 24.2 Å². The molecule has 0 N–H and O–H groups in total. The molecule has 2 atom stereocenters. The number of likely N-dealkylation sites (tertiary alicyclic amines) is 1. The van der Waals surface area contributed by atoms with Gasteiger partial charge in [0, 0.05) is 31.7 Å². The van der Waals surface area contributed by atoms with Gasteiger partial charge in [-0.1, -0.05) is 11.6 Å². The van der Waals surface area contributed by atoms with Crippen molar-refractivity contribution in [2.24, 2.45) is 0 Å². The summed E-state index contributed by atoms with van der Waals surface area (Å²) in [6.45, 7) is 14.1. The molecule has 2 fully saturated rings. The van der Waals surface area contributed by atoms with Crippen molar-refractivity contribution in [2.75, 3.05) is 49.2 Å². The maximum absolute atomic E-state index is 12.6. The summed E-state index contributed by atoms with van der Waals surface area (Å²) in [5.41, 5.74) is 0.285. The maximum atomic E-state index is 12.6. The zero-order valence-corrected chi connectivity index (χ0v) is 19.3. The molecule has 1 amide bonds. The van der Waals surface area contributed by atoms with Gasteiger partial charge in [-0.05, 0) is 47.5 Å². The molecule has 0 saturated carbocycles. The van der Waals surface area contributed by atoms with Crippen LogP contribution in [0.4, 0.5) is 16.6 Å². The molecule has 4 rings (SSSR count). The van der Waals surface area contributed by atoms with Crippen molar-refractivity contribution in [1.29, 1.82) is 0 Å². The maximum Gasteiger partial charge on any atom is 0.410 e. The summed E-state index contributed by atoms with van der Waals surface area (Å²) in [4.78, 5) is 28.4. The molecule has 1 aromatic heterocycles. The summed E-state index contributed by atoms with van der Waals surface area (Å²) >= 11 is 6.59. The smallest absolute Gasteiger partial charge is 0.410 e. The summed E-state index contributed by atoms with van der Waals surface area (Å²) in [5.74, 6) is 1.56. The molecule has 0 spiro atoms. The number of ether oxygens (including phenoxy) is 2. The Morgan fingerprint density at radius 3 is 2.73 bits per heavy atom. The molecule has 2 saturated heterocycles. The second kappa shape index (κ2) is 7.71. The minimum absolute atomic E-state index is 0.201. The van der Waals surface area contributed by atoms with Gasteiger partial charge in [-0.25, -0.2) is 9.78 Å². The fourth-order valence-electron chi connectivity index (χ4n) is 4.53. The molecule has 0 aromatic carbocycles. The number of halogens is 1. The van der Waals surface area contributed by atoms with Crippen LogP contribution in [-0.2, 0) is 15.9 Å². The number of nitrogens with zero attached hydrogens (tertiary/aromatic N) is 5. The first kappa shape index (κ1) is 21.4. The van der Waals surface area contributed by atoms with E-state index in [4.69, 9.17) is 26.1 Å². The van der Waals surface area contributed by atoms with Gasteiger partial charge in [0.05, 0.1) is 24.8 Å². The number of amides is 1. The van der Waals surface area contributed by atoms with Crippen LogP contribution in [0.2, 0.25) is 5.15 Å². The van der Waals surface area contributed by atoms with Gasteiger partial charge in [0.1, 0.15) is 16.6 Å². The number of hydrogen-bond donors (Lipinski definition) is 0. The molecule has 8 nitrogen and oxygen atoms in total. The first-order valence-electron chi connectivity index (χ1n) is 10.7. The van der Waals surface area contributed by atoms with Crippen LogP contribution < -0.4 is 9.80 Å². The molecule has 3 aliphatic rings. The first-order chi connectivity index (χ1) is 14.1. The topological polar surface area (TPSA) is 71.0 Å². The number of hydrogen-bond acceptors (Lipinski definition) is 7. The van der Waals surface area contributed by atoms with Gasteiger partial charge in [0.25, 0.3) is 0 Å². The highest BCUT2D eigenvalue weighted by molar-refractivity contribution is 6.30. The number of aromatic nitrogens is 2. The Morgan fingerprint density at radius 1 is 1.27 bits per heavy atom. The quantitative estimate of drug-likeness (QED) is 0.658. The monoisotopic (exact) mass is 437 g/mol. The van der Waals surface area contributed by atoms with Gasteiger partial charge in [-0.2, -0.15) is 4.98 Å². The second-order valence-corrected chi connectivity index (χ2v) is 10.1. The van der Waals surface area contributed by atoms with Crippen molar-refractivity contribution in [3.63, 3.8) is 0 Å². The summed E-state index contributed by atoms with van der Waals surface area (Å²) < 4.78 is 11.1. The van der Waals surface area contributed by atoms with Crippen LogP contribution in [0.15, 0.2) is 0 Å². The van der Waals surface area contributed by atoms with Crippen LogP contribution in [0.25, 0.3) is 0 Å². The van der Waals surface area contributed by atoms with E-state index in [1.165, 1.54) is 0 Å². The lowest BCUT2D eigenvalue weighted by Crippen LogP contribution is -2.49. The lowest BCUT2D eigenvalue weighted by molar-refractivity contribution is 0.0285. The van der Waals surface area contributed by atoms with Crippen LogP contribution in [-0.4, -0.2) is 77.5 Å². The van der Waals surface area contributed by atoms with Crippen LogP contribution >= 0.6 is 11.6 Å². The number of morpholine rings is 1. The molecule has 1 aromatic rings. The van der Waals surface area contributed by atoms with Crippen LogP contribution in [0.5, 0.6) is 0 Å². The Balaban J connectivity index is 1.57. The Hall–Kier alpha value is -1.80. The SMILES string of the molecule is C[C@H]1COCCN1c1nc(Cl)c2c(n1)N([C@@]1(C)CCN(C(=O)OC(C)(C)C)C1)CC2. The third-order valence-electron chi connectivity index (χ3n) is 6.14. The fourth-order valence-corrected chi connectivity index (χ4v) is 4.78. The number of fused-ring (bicyclic) bond motifs is 1. The predicted octanol–water partition coefficient (Wildman–Crippen LogP) is 3.12. The van der Waals surface area contributed by atoms with Gasteiger partial charge >= 0.3 is 6.09 Å². The van der Waals surface area contributed by atoms with E-state index in [9.17, 15) is 4.79 Å². The first-order valence-corrected chi connectivity index (χ1v) is 11.1. The molecule has 0 unspecified atom stereocenters. The summed E-state index contributed by atoms with van der Waals surface area (Å²) in [6.07, 6.45) is 1.42. The fraction of sp³-hybridized carbons (Fsp3) is 0.762. The van der Waals surface area contributed by atoms with Crippen molar-refractivity contribution in [3.8, 4) is 0 Å². The van der Waals surface area contributed by atoms with E-state index >= 15 is 0 Å². The summed E-state index contributed by atoms with van der Waals surface area (Å²) in [6, 6.07) is 0.201. The number of anilines is 2. The highest BCUT2D eigenvalue weighted by Gasteiger charge is 2.45. The molecule has 166 valence electrons. The molecule has 30 heavy (non-hydrogen) atoms. The van der Waals surface area contributed by atoms with E-state index < -0.39 is 5.60 Å². The highest BCUT2D eigenvalue weighted by atomic mass is 35.5. The van der Waals surface area contributed by atoms with E-state index in [-0.39, 0.29) is 17.7 Å². The van der Waals surface area contributed by atoms with Crippen LogP contribution in [0, 0.1) is 0 Å². The third-order valence-corrected chi connectivity index (χ3v) is 6.46. The van der Waals surface area contributed by atoms with Crippen LogP contribution in [0.1, 0.15) is 46.6 Å². The Morgan fingerprint density at radius 2 is 2.03 bits per heavy atom. The standard InChI is InChI=1S/C21H32ClN5O3/c1-14-12-29-11-10-26(14)18-23-16(22)15-6-8-27(17(15)24-18)21(5)7-9-25(13-21)19(28)30-20(2,3)4/h14H,6-13H2,1-5H3/t14-,21-/m0/s1. The zero-order valence-electron chi connectivity index (χ0n) is 18.6. The zero-order chi connectivity index (χ0) is 21.7. The van der Waals surface area contributed by atoms with Crippen molar-refractivity contribution in [1.82, 2.24) is 14.9 Å². The third kappa shape index (κ3) is 4.04. The lowest BCUT2D eigenvalue weighted by Gasteiger charge is -2.38. The summed E-state index contributed by atoms with van der Waals surface area (Å²) in [7, 11) is 0. The van der Waals surface area contributed by atoms with Crippen molar-refractivity contribution < 1.29 is 14.3 Å². The molecular formula is C21H32ClN5O3. The minimum Gasteiger partial charge on any atom is -0.444 e. The molecule has 0 bridgehead atoms. The molecule has 0 radical (unpaired) electrons. The number of rotatable bonds is 2. The Kier molecular flexibility index (Phi) is 5.51. The highest BCUT2D eigenvalue weighted by Crippen LogP contribution is 2.40. The normalized spacial score (nSPS) is 26.9. The van der Waals surface area contributed by atoms with E-state index in [0.29, 0.717) is 37.4 Å². The van der Waals surface area contributed by atoms with Crippen molar-refractivity contribution >= 4 is 29.5 Å². The lowest BCUT2D eigenvalue weighted by atomic mass is 9.99. The number of carbonyl (C=O) groups excluding carboxylic acids is 1. The largest absolute Gasteiger partial charge is 0.444 e.